The van der Waals surface area contributed by atoms with Crippen molar-refractivity contribution in [2.45, 2.75) is 43.7 Å². The van der Waals surface area contributed by atoms with Gasteiger partial charge in [-0.25, -0.2) is 0 Å². The number of benzene rings is 2. The molecule has 1 N–H and O–H groups in total. The van der Waals surface area contributed by atoms with E-state index in [2.05, 4.69) is 31.9 Å². The largest absolute Gasteiger partial charge is 0.417 e. The van der Waals surface area contributed by atoms with Gasteiger partial charge >= 0.3 is 18.5 Å². The Hall–Kier alpha value is -2.35. The molecule has 0 spiro atoms. The van der Waals surface area contributed by atoms with E-state index in [9.17, 15) is 49.1 Å². The Morgan fingerprint density at radius 2 is 1.56 bits per heavy atom. The summed E-state index contributed by atoms with van der Waals surface area (Å²) in [6.07, 6.45) is -13.7. The third kappa shape index (κ3) is 8.09. The number of rotatable bonds is 8. The van der Waals surface area contributed by atoms with Gasteiger partial charge in [0.1, 0.15) is 6.54 Å². The highest BCUT2D eigenvalue weighted by Gasteiger charge is 2.52. The average Bonchev–Trinajstić information content (AvgIpc) is 3.58. The van der Waals surface area contributed by atoms with Crippen LogP contribution in [-0.2, 0) is 11.0 Å². The summed E-state index contributed by atoms with van der Waals surface area (Å²) in [5.74, 6) is -4.35. The van der Waals surface area contributed by atoms with Gasteiger partial charge in [-0.05, 0) is 74.0 Å². The maximum atomic E-state index is 13.8. The molecule has 0 aliphatic heterocycles. The van der Waals surface area contributed by atoms with Gasteiger partial charge < -0.3 is 5.32 Å². The molecule has 2 aromatic carbocycles. The molecule has 39 heavy (non-hydrogen) atoms. The van der Waals surface area contributed by atoms with Gasteiger partial charge in [0.2, 0.25) is 5.91 Å². The van der Waals surface area contributed by atoms with Crippen LogP contribution in [-0.4, -0.2) is 30.6 Å². The van der Waals surface area contributed by atoms with E-state index in [4.69, 9.17) is 0 Å². The fraction of sp³-hybridized carbons (Fsp3) is 0.360. The fourth-order valence-electron chi connectivity index (χ4n) is 3.87. The first-order valence-corrected chi connectivity index (χ1v) is 12.7. The highest BCUT2D eigenvalue weighted by atomic mass is 79.9. The molecule has 0 heterocycles. The van der Waals surface area contributed by atoms with Crippen molar-refractivity contribution in [3.05, 3.63) is 73.7 Å². The molecule has 1 saturated carbocycles. The summed E-state index contributed by atoms with van der Waals surface area (Å²) in [6, 6.07) is 6.12. The zero-order valence-electron chi connectivity index (χ0n) is 19.5. The van der Waals surface area contributed by atoms with Crippen LogP contribution in [0.5, 0.6) is 0 Å². The molecule has 1 atom stereocenters. The first-order chi connectivity index (χ1) is 17.8. The Morgan fingerprint density at radius 3 is 2.08 bits per heavy atom. The number of carbonyl (C=O) groups is 2. The molecule has 0 aromatic heterocycles. The Balaban J connectivity index is 1.88. The van der Waals surface area contributed by atoms with Crippen LogP contribution in [0.25, 0.3) is 6.08 Å². The molecule has 14 heteroatoms. The highest BCUT2D eigenvalue weighted by molar-refractivity contribution is 9.13. The quantitative estimate of drug-likeness (QED) is 0.222. The van der Waals surface area contributed by atoms with Crippen LogP contribution in [0.2, 0.25) is 0 Å². The van der Waals surface area contributed by atoms with Crippen molar-refractivity contribution in [1.29, 1.82) is 0 Å². The summed E-state index contributed by atoms with van der Waals surface area (Å²) in [5.41, 5.74) is -4.25. The topological polar surface area (TPSA) is 46.2 Å². The van der Waals surface area contributed by atoms with Gasteiger partial charge in [-0.1, -0.05) is 30.4 Å². The SMILES string of the molecule is O=C(CC1(C(=O)NCC(F)(F)F)CC1)c1ccc(/C=C/C(c2ccc(Br)c(Br)c2)C(F)(F)F)cc1C(F)(F)F. The zero-order chi connectivity index (χ0) is 29.4. The summed E-state index contributed by atoms with van der Waals surface area (Å²) in [4.78, 5) is 24.9. The van der Waals surface area contributed by atoms with Gasteiger partial charge in [0.15, 0.2) is 5.78 Å². The predicted molar refractivity (Wildman–Crippen MR) is 131 cm³/mol. The van der Waals surface area contributed by atoms with Crippen LogP contribution in [0.1, 0.15) is 52.2 Å². The zero-order valence-corrected chi connectivity index (χ0v) is 22.7. The van der Waals surface area contributed by atoms with E-state index in [1.165, 1.54) is 18.2 Å². The molecular weight excluding hydrogens is 677 g/mol. The van der Waals surface area contributed by atoms with E-state index in [1.54, 1.807) is 5.32 Å². The first-order valence-electron chi connectivity index (χ1n) is 11.1. The second-order valence-corrected chi connectivity index (χ2v) is 10.7. The normalized spacial score (nSPS) is 16.3. The van der Waals surface area contributed by atoms with Crippen molar-refractivity contribution in [2.75, 3.05) is 6.54 Å². The number of Topliss-reactive ketones (excluding diaryl/α,β-unsaturated/α-hetero) is 1. The Bertz CT molecular complexity index is 1280. The predicted octanol–water partition coefficient (Wildman–Crippen LogP) is 8.62. The first kappa shape index (κ1) is 31.2. The van der Waals surface area contributed by atoms with Gasteiger partial charge in [0.25, 0.3) is 0 Å². The average molecular weight is 695 g/mol. The number of amides is 1. The molecular formula is C25H18Br2F9NO2. The molecule has 0 saturated heterocycles. The van der Waals surface area contributed by atoms with E-state index in [1.807, 2.05) is 0 Å². The van der Waals surface area contributed by atoms with Crippen LogP contribution in [0.4, 0.5) is 39.5 Å². The number of hydrogen-bond acceptors (Lipinski definition) is 2. The Labute approximate surface area is 233 Å². The van der Waals surface area contributed by atoms with Gasteiger partial charge in [0.05, 0.1) is 16.9 Å². The Kier molecular flexibility index (Phi) is 9.00. The van der Waals surface area contributed by atoms with Gasteiger partial charge in [-0.15, -0.1) is 0 Å². The lowest BCUT2D eigenvalue weighted by atomic mass is 9.91. The molecule has 1 aliphatic carbocycles. The highest BCUT2D eigenvalue weighted by Crippen LogP contribution is 2.50. The molecule has 2 aromatic rings. The van der Waals surface area contributed by atoms with Crippen LogP contribution in [0.15, 0.2) is 51.4 Å². The van der Waals surface area contributed by atoms with Crippen molar-refractivity contribution in [3.63, 3.8) is 0 Å². The minimum atomic E-state index is -5.08. The second-order valence-electron chi connectivity index (χ2n) is 9.03. The van der Waals surface area contributed by atoms with E-state index < -0.39 is 65.6 Å². The number of ketones is 1. The molecule has 1 amide bonds. The minimum Gasteiger partial charge on any atom is -0.346 e. The summed E-state index contributed by atoms with van der Waals surface area (Å²) < 4.78 is 121. The fourth-order valence-corrected chi connectivity index (χ4v) is 4.51. The monoisotopic (exact) mass is 693 g/mol. The van der Waals surface area contributed by atoms with E-state index in [0.29, 0.717) is 21.1 Å². The molecule has 212 valence electrons. The Morgan fingerprint density at radius 1 is 0.923 bits per heavy atom. The number of carbonyl (C=O) groups excluding carboxylic acids is 2. The third-order valence-electron chi connectivity index (χ3n) is 6.07. The molecule has 0 bridgehead atoms. The number of hydrogen-bond donors (Lipinski definition) is 1. The van der Waals surface area contributed by atoms with Gasteiger partial charge in [-0.2, -0.15) is 39.5 Å². The summed E-state index contributed by atoms with van der Waals surface area (Å²) in [7, 11) is 0. The smallest absolute Gasteiger partial charge is 0.346 e. The molecule has 1 fully saturated rings. The summed E-state index contributed by atoms with van der Waals surface area (Å²) in [6.45, 7) is -1.65. The number of alkyl halides is 9. The van der Waals surface area contributed by atoms with E-state index in [-0.39, 0.29) is 24.0 Å². The lowest BCUT2D eigenvalue weighted by Gasteiger charge is -2.19. The molecule has 3 nitrogen and oxygen atoms in total. The van der Waals surface area contributed by atoms with Gasteiger partial charge in [-0.3, -0.25) is 9.59 Å². The number of nitrogens with one attached hydrogen (secondary N) is 1. The van der Waals surface area contributed by atoms with Crippen molar-refractivity contribution in [3.8, 4) is 0 Å². The third-order valence-corrected chi connectivity index (χ3v) is 7.95. The second kappa shape index (κ2) is 11.3. The maximum absolute atomic E-state index is 13.8. The van der Waals surface area contributed by atoms with Crippen molar-refractivity contribution in [1.82, 2.24) is 5.32 Å². The van der Waals surface area contributed by atoms with Crippen molar-refractivity contribution in [2.24, 2.45) is 5.41 Å². The molecule has 3 rings (SSSR count). The van der Waals surface area contributed by atoms with Crippen molar-refractivity contribution < 1.29 is 49.1 Å². The lowest BCUT2D eigenvalue weighted by molar-refractivity contribution is -0.141. The molecule has 1 unspecified atom stereocenters. The summed E-state index contributed by atoms with van der Waals surface area (Å²) in [5, 5.41) is 1.65. The number of halogens is 11. The van der Waals surface area contributed by atoms with Crippen LogP contribution >= 0.6 is 31.9 Å². The molecule has 1 aliphatic rings. The summed E-state index contributed by atoms with van der Waals surface area (Å²) >= 11 is 6.26. The van der Waals surface area contributed by atoms with Crippen LogP contribution in [0, 0.1) is 5.41 Å². The van der Waals surface area contributed by atoms with Crippen molar-refractivity contribution >= 4 is 49.6 Å². The van der Waals surface area contributed by atoms with E-state index in [0.717, 1.165) is 18.2 Å². The van der Waals surface area contributed by atoms with Gasteiger partial charge in [0, 0.05) is 20.9 Å². The molecule has 0 radical (unpaired) electrons. The lowest BCUT2D eigenvalue weighted by Crippen LogP contribution is -2.39. The minimum absolute atomic E-state index is 0.0234. The van der Waals surface area contributed by atoms with Crippen LogP contribution < -0.4 is 5.32 Å². The van der Waals surface area contributed by atoms with E-state index >= 15 is 0 Å². The number of allylic oxidation sites excluding steroid dienone is 1. The maximum Gasteiger partial charge on any atom is 0.417 e. The standard InChI is InChI=1S/C25H18Br2F9NO2/c26-18-6-3-14(10-19(18)27)16(24(31,32)33)5-2-13-1-4-15(17(9-13)25(34,35)36)20(38)11-22(7-8-22)21(39)37-12-23(28,29)30/h1-6,9-10,16H,7-8,11-12H2,(H,37,39)/b5-2+. The van der Waals surface area contributed by atoms with Crippen LogP contribution in [0.3, 0.4) is 0 Å².